The number of nitrogens with zero attached hydrogens (tertiary/aromatic N) is 1. The smallest absolute Gasteiger partial charge is 0.407 e. The monoisotopic (exact) mass is 444 g/mol. The Kier molecular flexibility index (Phi) is 6.74. The number of alkyl carbamates (subject to hydrolysis) is 1. The van der Waals surface area contributed by atoms with E-state index in [9.17, 15) is 18.6 Å². The van der Waals surface area contributed by atoms with Crippen molar-refractivity contribution in [2.45, 2.75) is 25.3 Å². The number of fused-ring (bicyclic) bond motifs is 3. The molecule has 31 heavy (non-hydrogen) atoms. The summed E-state index contributed by atoms with van der Waals surface area (Å²) in [7, 11) is -2.79. The fraction of sp³-hybridized carbons (Fsp3) is 0.318. The largest absolute Gasteiger partial charge is 0.481 e. The van der Waals surface area contributed by atoms with E-state index in [1.165, 1.54) is 6.26 Å². The van der Waals surface area contributed by atoms with Crippen molar-refractivity contribution in [2.24, 2.45) is 4.36 Å². The van der Waals surface area contributed by atoms with E-state index in [1.54, 1.807) is 6.92 Å². The number of rotatable bonds is 7. The Balaban J connectivity index is 1.72. The molecule has 0 spiro atoms. The molecule has 1 aliphatic carbocycles. The highest BCUT2D eigenvalue weighted by Crippen LogP contribution is 2.44. The van der Waals surface area contributed by atoms with Crippen LogP contribution in [0.5, 0.6) is 0 Å². The Morgan fingerprint density at radius 3 is 2.16 bits per heavy atom. The molecule has 2 aromatic rings. The predicted molar refractivity (Wildman–Crippen MR) is 116 cm³/mol. The summed E-state index contributed by atoms with van der Waals surface area (Å²) in [5, 5.41) is 11.3. The van der Waals surface area contributed by atoms with Crippen LogP contribution >= 0.6 is 0 Å². The lowest BCUT2D eigenvalue weighted by Crippen LogP contribution is -2.42. The van der Waals surface area contributed by atoms with Crippen LogP contribution in [0.1, 0.15) is 30.4 Å². The first-order valence-corrected chi connectivity index (χ1v) is 11.9. The highest BCUT2D eigenvalue weighted by molar-refractivity contribution is 7.93. The number of aliphatic carboxylic acids is 1. The van der Waals surface area contributed by atoms with Crippen molar-refractivity contribution < 1.29 is 28.4 Å². The number of carboxylic acid groups (broad SMARTS) is 1. The molecule has 2 amide bonds. The van der Waals surface area contributed by atoms with Gasteiger partial charge < -0.3 is 15.2 Å². The Morgan fingerprint density at radius 1 is 1.10 bits per heavy atom. The van der Waals surface area contributed by atoms with Crippen molar-refractivity contribution >= 4 is 27.7 Å². The van der Waals surface area contributed by atoms with E-state index in [4.69, 9.17) is 9.84 Å². The van der Waals surface area contributed by atoms with Crippen molar-refractivity contribution in [2.75, 3.05) is 18.6 Å². The van der Waals surface area contributed by atoms with E-state index in [2.05, 4.69) is 9.68 Å². The molecule has 2 aromatic carbocycles. The quantitative estimate of drug-likeness (QED) is 0.677. The second-order valence-electron chi connectivity index (χ2n) is 7.30. The molecule has 3 rings (SSSR count). The zero-order valence-corrected chi connectivity index (χ0v) is 18.1. The van der Waals surface area contributed by atoms with Crippen molar-refractivity contribution in [3.8, 4) is 11.1 Å². The minimum Gasteiger partial charge on any atom is -0.481 e. The fourth-order valence-corrected chi connectivity index (χ4v) is 4.11. The Morgan fingerprint density at radius 2 is 1.65 bits per heavy atom. The maximum absolute atomic E-state index is 12.4. The first-order chi connectivity index (χ1) is 14.7. The molecular formula is C22H24N2O6S. The predicted octanol–water partition coefficient (Wildman–Crippen LogP) is 3.01. The van der Waals surface area contributed by atoms with Crippen molar-refractivity contribution in [1.29, 1.82) is 0 Å². The van der Waals surface area contributed by atoms with Gasteiger partial charge in [0, 0.05) is 17.9 Å². The summed E-state index contributed by atoms with van der Waals surface area (Å²) >= 11 is 0. The molecule has 0 aromatic heterocycles. The molecule has 0 bridgehead atoms. The van der Waals surface area contributed by atoms with E-state index < -0.39 is 40.2 Å². The number of carbonyl (C=O) groups excluding carboxylic acids is 2. The van der Waals surface area contributed by atoms with Gasteiger partial charge in [-0.15, -0.1) is 0 Å². The van der Waals surface area contributed by atoms with Crippen LogP contribution in [0.25, 0.3) is 11.1 Å². The van der Waals surface area contributed by atoms with Gasteiger partial charge in [-0.1, -0.05) is 55.5 Å². The average molecular weight is 445 g/mol. The van der Waals surface area contributed by atoms with Crippen LogP contribution in [0.3, 0.4) is 0 Å². The number of ether oxygens (including phenoxy) is 1. The highest BCUT2D eigenvalue weighted by atomic mass is 32.2. The van der Waals surface area contributed by atoms with Gasteiger partial charge in [-0.3, -0.25) is 9.59 Å². The van der Waals surface area contributed by atoms with Crippen molar-refractivity contribution in [1.82, 2.24) is 5.32 Å². The van der Waals surface area contributed by atoms with Gasteiger partial charge in [-0.25, -0.2) is 9.00 Å². The second kappa shape index (κ2) is 9.30. The van der Waals surface area contributed by atoms with Gasteiger partial charge in [-0.05, 0) is 22.3 Å². The van der Waals surface area contributed by atoms with Crippen LogP contribution in [0.4, 0.5) is 4.79 Å². The molecule has 8 nitrogen and oxygen atoms in total. The molecule has 2 N–H and O–H groups in total. The topological polar surface area (TPSA) is 122 Å². The van der Waals surface area contributed by atoms with Gasteiger partial charge in [0.2, 0.25) is 0 Å². The number of carboxylic acids is 1. The molecule has 0 radical (unpaired) electrons. The summed E-state index contributed by atoms with van der Waals surface area (Å²) in [5.74, 6) is -2.30. The summed E-state index contributed by atoms with van der Waals surface area (Å²) in [6.45, 7) is 1.62. The summed E-state index contributed by atoms with van der Waals surface area (Å²) in [4.78, 5) is 35.8. The standard InChI is InChI=1S/C22H24N2O6S/c1-3-31(2,29)24-21(27)19(12-20(25)26)23-22(28)30-13-18-16-10-6-4-8-14(16)15-9-5-7-11-17(15)18/h4-11,18-19H,3,12-13H2,1-2H3,(H,23,28)(H,25,26). The number of amides is 2. The number of carbonyl (C=O) groups is 3. The molecule has 0 fully saturated rings. The maximum atomic E-state index is 12.4. The van der Waals surface area contributed by atoms with Crippen LogP contribution in [-0.2, 0) is 24.1 Å². The van der Waals surface area contributed by atoms with E-state index in [1.807, 2.05) is 48.5 Å². The number of nitrogens with one attached hydrogen (secondary N) is 1. The highest BCUT2D eigenvalue weighted by Gasteiger charge is 2.30. The molecule has 164 valence electrons. The Labute approximate surface area is 180 Å². The third-order valence-electron chi connectivity index (χ3n) is 5.13. The van der Waals surface area contributed by atoms with E-state index in [0.717, 1.165) is 22.3 Å². The SMILES string of the molecule is CCS(C)(=O)=NC(=O)C(CC(=O)O)NC(=O)OCC1c2ccccc2-c2ccccc21. The maximum Gasteiger partial charge on any atom is 0.407 e. The van der Waals surface area contributed by atoms with Crippen LogP contribution in [0.15, 0.2) is 52.9 Å². The molecule has 1 aliphatic rings. The molecule has 2 unspecified atom stereocenters. The van der Waals surface area contributed by atoms with Gasteiger partial charge in [0.1, 0.15) is 12.6 Å². The molecular weight excluding hydrogens is 420 g/mol. The third-order valence-corrected chi connectivity index (χ3v) is 6.77. The fourth-order valence-electron chi connectivity index (χ4n) is 3.48. The summed E-state index contributed by atoms with van der Waals surface area (Å²) < 4.78 is 21.0. The number of hydrogen-bond acceptors (Lipinski definition) is 5. The van der Waals surface area contributed by atoms with Gasteiger partial charge in [-0.2, -0.15) is 4.36 Å². The molecule has 0 aliphatic heterocycles. The average Bonchev–Trinajstić information content (AvgIpc) is 3.05. The zero-order valence-electron chi connectivity index (χ0n) is 17.2. The second-order valence-corrected chi connectivity index (χ2v) is 9.98. The minimum atomic E-state index is -2.79. The third kappa shape index (κ3) is 5.29. The summed E-state index contributed by atoms with van der Waals surface area (Å²) in [6, 6.07) is 14.2. The normalized spacial score (nSPS) is 15.2. The van der Waals surface area contributed by atoms with Crippen LogP contribution < -0.4 is 5.32 Å². The number of hydrogen-bond donors (Lipinski definition) is 2. The Hall–Kier alpha value is -3.20. The lowest BCUT2D eigenvalue weighted by Gasteiger charge is -2.17. The molecule has 0 saturated carbocycles. The summed E-state index contributed by atoms with van der Waals surface area (Å²) in [5.41, 5.74) is 4.20. The molecule has 9 heteroatoms. The molecule has 0 heterocycles. The summed E-state index contributed by atoms with van der Waals surface area (Å²) in [6.07, 6.45) is -0.322. The molecule has 2 atom stereocenters. The lowest BCUT2D eigenvalue weighted by molar-refractivity contribution is -0.139. The first kappa shape index (κ1) is 22.5. The van der Waals surface area contributed by atoms with Crippen LogP contribution in [0.2, 0.25) is 0 Å². The van der Waals surface area contributed by atoms with Gasteiger partial charge >= 0.3 is 12.1 Å². The zero-order chi connectivity index (χ0) is 22.6. The Bertz CT molecular complexity index is 1090. The number of benzene rings is 2. The van der Waals surface area contributed by atoms with E-state index >= 15 is 0 Å². The van der Waals surface area contributed by atoms with E-state index in [0.29, 0.717) is 0 Å². The van der Waals surface area contributed by atoms with Crippen LogP contribution in [0, 0.1) is 0 Å². The van der Waals surface area contributed by atoms with Crippen molar-refractivity contribution in [3.05, 3.63) is 59.7 Å². The van der Waals surface area contributed by atoms with Crippen molar-refractivity contribution in [3.63, 3.8) is 0 Å². The van der Waals surface area contributed by atoms with Gasteiger partial charge in [0.05, 0.1) is 16.1 Å². The van der Waals surface area contributed by atoms with Gasteiger partial charge in [0.15, 0.2) is 0 Å². The first-order valence-electron chi connectivity index (χ1n) is 9.79. The minimum absolute atomic E-state index is 0.0183. The van der Waals surface area contributed by atoms with Crippen LogP contribution in [-0.4, -0.2) is 51.9 Å². The van der Waals surface area contributed by atoms with Gasteiger partial charge in [0.25, 0.3) is 5.91 Å². The lowest BCUT2D eigenvalue weighted by atomic mass is 9.98. The van der Waals surface area contributed by atoms with E-state index in [-0.39, 0.29) is 18.3 Å². The molecule has 0 saturated heterocycles.